The third kappa shape index (κ3) is 10.6. The van der Waals surface area contributed by atoms with Crippen molar-refractivity contribution in [1.29, 1.82) is 0 Å². The number of hydrogen-bond acceptors (Lipinski definition) is 10. The Morgan fingerprint density at radius 2 is 1.64 bits per heavy atom. The lowest BCUT2D eigenvalue weighted by Gasteiger charge is -2.30. The maximum atomic E-state index is 13.3. The van der Waals surface area contributed by atoms with E-state index in [-0.39, 0.29) is 36.8 Å². The predicted molar refractivity (Wildman–Crippen MR) is 206 cm³/mol. The molecule has 16 nitrogen and oxygen atoms in total. The van der Waals surface area contributed by atoms with Crippen LogP contribution in [0, 0.1) is 11.8 Å². The minimum atomic E-state index is -1.07. The highest BCUT2D eigenvalue weighted by Crippen LogP contribution is 2.31. The Labute approximate surface area is 322 Å². The van der Waals surface area contributed by atoms with E-state index in [9.17, 15) is 28.8 Å². The van der Waals surface area contributed by atoms with Gasteiger partial charge in [-0.3, -0.25) is 23.6 Å². The number of alkyl carbamates (subject to hydrolysis) is 2. The van der Waals surface area contributed by atoms with Gasteiger partial charge in [-0.2, -0.15) is 0 Å². The number of nitrogens with zero attached hydrogens (tertiary/aromatic N) is 3. The van der Waals surface area contributed by atoms with Crippen LogP contribution in [-0.2, 0) is 28.7 Å². The van der Waals surface area contributed by atoms with Crippen molar-refractivity contribution in [3.05, 3.63) is 72.6 Å². The fraction of sp³-hybridized carbons (Fsp3) is 0.395. The van der Waals surface area contributed by atoms with Crippen molar-refractivity contribution in [2.75, 3.05) is 37.4 Å². The van der Waals surface area contributed by atoms with E-state index in [0.29, 0.717) is 41.4 Å². The second-order valence-electron chi connectivity index (χ2n) is 13.8. The highest BCUT2D eigenvalue weighted by atomic mass is 32.1. The van der Waals surface area contributed by atoms with E-state index in [1.807, 2.05) is 46.0 Å². The number of rotatable bonds is 14. The van der Waals surface area contributed by atoms with Crippen LogP contribution in [0.3, 0.4) is 0 Å². The van der Waals surface area contributed by atoms with E-state index < -0.39 is 42.1 Å². The molecule has 2 aromatic heterocycles. The van der Waals surface area contributed by atoms with Gasteiger partial charge in [0.2, 0.25) is 23.6 Å². The van der Waals surface area contributed by atoms with Crippen molar-refractivity contribution in [2.24, 2.45) is 11.8 Å². The molecule has 1 saturated heterocycles. The van der Waals surface area contributed by atoms with Gasteiger partial charge >= 0.3 is 12.2 Å². The van der Waals surface area contributed by atoms with Gasteiger partial charge < -0.3 is 41.0 Å². The lowest BCUT2D eigenvalue weighted by atomic mass is 10.0. The van der Waals surface area contributed by atoms with Gasteiger partial charge in [0.25, 0.3) is 0 Å². The number of fused-ring (bicyclic) bond motifs is 1. The Bertz CT molecular complexity index is 1960. The van der Waals surface area contributed by atoms with Crippen LogP contribution in [0.25, 0.3) is 15.4 Å². The second-order valence-corrected chi connectivity index (χ2v) is 14.8. The number of carbonyl (C=O) groups excluding carboxylic acids is 6. The minimum Gasteiger partial charge on any atom is -0.453 e. The Balaban J connectivity index is 1.14. The van der Waals surface area contributed by atoms with Gasteiger partial charge in [0.15, 0.2) is 10.8 Å². The van der Waals surface area contributed by atoms with Crippen LogP contribution in [0.4, 0.5) is 21.1 Å². The minimum absolute atomic E-state index is 0.121. The van der Waals surface area contributed by atoms with Crippen LogP contribution in [0.5, 0.6) is 0 Å². The van der Waals surface area contributed by atoms with Gasteiger partial charge in [-0.1, -0.05) is 81.5 Å². The number of aromatic nitrogens is 2. The molecule has 5 N–H and O–H groups in total. The van der Waals surface area contributed by atoms with Gasteiger partial charge in [0, 0.05) is 18.4 Å². The smallest absolute Gasteiger partial charge is 0.408 e. The molecule has 1 aliphatic rings. The fourth-order valence-corrected chi connectivity index (χ4v) is 6.89. The van der Waals surface area contributed by atoms with E-state index in [4.69, 9.17) is 4.74 Å². The molecule has 0 saturated carbocycles. The Morgan fingerprint density at radius 3 is 2.29 bits per heavy atom. The van der Waals surface area contributed by atoms with Crippen LogP contribution in [0.1, 0.15) is 52.1 Å². The maximum Gasteiger partial charge on any atom is 0.408 e. The Morgan fingerprint density at radius 1 is 0.909 bits per heavy atom. The van der Waals surface area contributed by atoms with Crippen molar-refractivity contribution < 1.29 is 38.2 Å². The van der Waals surface area contributed by atoms with E-state index in [1.165, 1.54) is 23.3 Å². The predicted octanol–water partition coefficient (Wildman–Crippen LogP) is 4.55. The lowest BCUT2D eigenvalue weighted by molar-refractivity contribution is -0.139. The molecule has 0 spiro atoms. The zero-order valence-electron chi connectivity index (χ0n) is 31.3. The zero-order chi connectivity index (χ0) is 39.6. The third-order valence-electron chi connectivity index (χ3n) is 8.72. The summed E-state index contributed by atoms with van der Waals surface area (Å²) in [6, 6.07) is 13.4. The number of thiazole rings is 1. The number of nitrogens with one attached hydrogen (secondary N) is 5. The first kappa shape index (κ1) is 40.2. The summed E-state index contributed by atoms with van der Waals surface area (Å²) in [5.41, 5.74) is 1.97. The molecule has 4 aromatic rings. The Kier molecular flexibility index (Phi) is 13.4. The SMILES string of the molecule is COC(=O)N[C@H](C(=O)N1CCC[C@H]1C(=O)Nc1ccc(-c2cn3cc(NC(=O)CNC(=O)[C@H](NC(=O)OCC(C)C)c4ccccc4)nc3s2)cc1)C(C)C. The molecule has 3 atom stereocenters. The number of benzene rings is 2. The average molecular weight is 775 g/mol. The van der Waals surface area contributed by atoms with Crippen LogP contribution in [0.15, 0.2) is 67.0 Å². The summed E-state index contributed by atoms with van der Waals surface area (Å²) in [5, 5.41) is 13.3. The molecule has 3 heterocycles. The number of methoxy groups -OCH3 is 1. The van der Waals surface area contributed by atoms with E-state index >= 15 is 0 Å². The topological polar surface area (TPSA) is 202 Å². The zero-order valence-corrected chi connectivity index (χ0v) is 32.1. The molecular weight excluding hydrogens is 729 g/mol. The molecule has 55 heavy (non-hydrogen) atoms. The summed E-state index contributed by atoms with van der Waals surface area (Å²) in [6.07, 6.45) is 3.25. The van der Waals surface area contributed by atoms with Gasteiger partial charge in [0.1, 0.15) is 18.1 Å². The molecule has 17 heteroatoms. The van der Waals surface area contributed by atoms with E-state index in [0.717, 1.165) is 10.4 Å². The summed E-state index contributed by atoms with van der Waals surface area (Å²) < 4.78 is 11.6. The molecule has 0 bridgehead atoms. The molecule has 1 aliphatic heterocycles. The van der Waals surface area contributed by atoms with Crippen molar-refractivity contribution in [3.63, 3.8) is 0 Å². The van der Waals surface area contributed by atoms with E-state index in [1.54, 1.807) is 53.1 Å². The molecule has 6 amide bonds. The average Bonchev–Trinajstić information content (AvgIpc) is 3.90. The summed E-state index contributed by atoms with van der Waals surface area (Å²) in [4.78, 5) is 84.2. The van der Waals surface area contributed by atoms with Gasteiger partial charge in [-0.05, 0) is 47.9 Å². The number of imidazole rings is 1. The second kappa shape index (κ2) is 18.4. The number of amides is 6. The summed E-state index contributed by atoms with van der Waals surface area (Å²) >= 11 is 1.39. The number of ether oxygens (including phenoxy) is 2. The lowest BCUT2D eigenvalue weighted by Crippen LogP contribution is -2.54. The van der Waals surface area contributed by atoms with Crippen molar-refractivity contribution in [3.8, 4) is 10.4 Å². The van der Waals surface area contributed by atoms with Crippen molar-refractivity contribution in [2.45, 2.75) is 58.7 Å². The van der Waals surface area contributed by atoms with Gasteiger partial charge in [0.05, 0.1) is 31.3 Å². The largest absolute Gasteiger partial charge is 0.453 e. The number of anilines is 2. The maximum absolute atomic E-state index is 13.3. The molecule has 0 radical (unpaired) electrons. The quantitative estimate of drug-likeness (QED) is 0.122. The van der Waals surface area contributed by atoms with Crippen LogP contribution in [0.2, 0.25) is 0 Å². The summed E-state index contributed by atoms with van der Waals surface area (Å²) in [6.45, 7) is 7.68. The first-order valence-electron chi connectivity index (χ1n) is 17.9. The van der Waals surface area contributed by atoms with Gasteiger partial charge in [-0.15, -0.1) is 0 Å². The first-order chi connectivity index (χ1) is 26.3. The molecule has 0 aliphatic carbocycles. The number of hydrogen-bond donors (Lipinski definition) is 5. The first-order valence-corrected chi connectivity index (χ1v) is 18.7. The number of carbonyl (C=O) groups is 6. The van der Waals surface area contributed by atoms with Gasteiger partial charge in [-0.25, -0.2) is 14.6 Å². The van der Waals surface area contributed by atoms with Crippen molar-refractivity contribution in [1.82, 2.24) is 30.2 Å². The monoisotopic (exact) mass is 774 g/mol. The number of likely N-dealkylation sites (tertiary alicyclic amines) is 1. The molecule has 292 valence electrons. The molecule has 0 unspecified atom stereocenters. The Hall–Kier alpha value is -5.97. The molecular formula is C38H46N8O8S. The van der Waals surface area contributed by atoms with Crippen LogP contribution in [-0.4, -0.2) is 89.0 Å². The fourth-order valence-electron chi connectivity index (χ4n) is 5.92. The standard InChI is InChI=1S/C38H46N8O8S/c1-22(2)21-54-38(52)44-32(25-10-7-6-8-11-25)34(49)39-18-30(47)41-29-20-45-19-28(55-36(45)42-29)24-13-15-26(16-14-24)40-33(48)27-12-9-17-46(27)35(50)31(23(3)4)43-37(51)53-5/h6-8,10-11,13-16,19-20,22-23,27,31-32H,9,12,17-18,21H2,1-5H3,(H,39,49)(H,40,48)(H,41,47)(H,43,51)(H,44,52)/t27-,31-,32+/m0/s1. The summed E-state index contributed by atoms with van der Waals surface area (Å²) in [7, 11) is 1.23. The highest BCUT2D eigenvalue weighted by Gasteiger charge is 2.39. The normalized spacial score (nSPS) is 15.0. The van der Waals surface area contributed by atoms with Crippen LogP contribution >= 0.6 is 11.3 Å². The molecule has 2 aromatic carbocycles. The summed E-state index contributed by atoms with van der Waals surface area (Å²) in [5.74, 6) is -1.50. The van der Waals surface area contributed by atoms with Crippen LogP contribution < -0.4 is 26.6 Å². The molecule has 1 fully saturated rings. The van der Waals surface area contributed by atoms with Crippen molar-refractivity contribution >= 4 is 63.6 Å². The van der Waals surface area contributed by atoms with E-state index in [2.05, 4.69) is 36.3 Å². The molecule has 5 rings (SSSR count). The highest BCUT2D eigenvalue weighted by molar-refractivity contribution is 7.20. The third-order valence-corrected chi connectivity index (χ3v) is 9.76.